The fourth-order valence-corrected chi connectivity index (χ4v) is 2.05. The standard InChI is InChI=1S/C15H26O4/c1-2-3-4-5-6-7-8-9-10-11-13(15(18)19)12-14(16)17/h2-3,13H,4-12H2,1H3,(H,16,17)(H,18,19)/b3-2+. The minimum Gasteiger partial charge on any atom is -0.481 e. The van der Waals surface area contributed by atoms with Crippen LogP contribution in [0.4, 0.5) is 0 Å². The van der Waals surface area contributed by atoms with Gasteiger partial charge in [0, 0.05) is 0 Å². The van der Waals surface area contributed by atoms with E-state index in [4.69, 9.17) is 10.2 Å². The maximum atomic E-state index is 10.8. The molecule has 1 unspecified atom stereocenters. The fraction of sp³-hybridized carbons (Fsp3) is 0.733. The van der Waals surface area contributed by atoms with Crippen molar-refractivity contribution >= 4 is 11.9 Å². The lowest BCUT2D eigenvalue weighted by atomic mass is 9.97. The van der Waals surface area contributed by atoms with Gasteiger partial charge in [-0.2, -0.15) is 0 Å². The van der Waals surface area contributed by atoms with Gasteiger partial charge in [0.1, 0.15) is 0 Å². The third-order valence-corrected chi connectivity index (χ3v) is 3.18. The van der Waals surface area contributed by atoms with E-state index in [0.717, 1.165) is 25.7 Å². The molecule has 0 aromatic carbocycles. The zero-order valence-corrected chi connectivity index (χ0v) is 11.8. The number of allylic oxidation sites excluding steroid dienone is 2. The number of carboxylic acids is 2. The molecule has 0 aliphatic heterocycles. The van der Waals surface area contributed by atoms with Crippen LogP contribution in [0.1, 0.15) is 64.7 Å². The van der Waals surface area contributed by atoms with Crippen LogP contribution < -0.4 is 0 Å². The van der Waals surface area contributed by atoms with Gasteiger partial charge < -0.3 is 10.2 Å². The Hall–Kier alpha value is -1.32. The van der Waals surface area contributed by atoms with Gasteiger partial charge in [0.15, 0.2) is 0 Å². The molecule has 0 saturated heterocycles. The van der Waals surface area contributed by atoms with Crippen molar-refractivity contribution < 1.29 is 19.8 Å². The summed E-state index contributed by atoms with van der Waals surface area (Å²) in [6.45, 7) is 2.02. The summed E-state index contributed by atoms with van der Waals surface area (Å²) in [5.41, 5.74) is 0. The molecule has 0 fully saturated rings. The lowest BCUT2D eigenvalue weighted by Crippen LogP contribution is -2.17. The van der Waals surface area contributed by atoms with Crippen LogP contribution in [0.3, 0.4) is 0 Å². The first-order valence-electron chi connectivity index (χ1n) is 7.13. The highest BCUT2D eigenvalue weighted by atomic mass is 16.4. The van der Waals surface area contributed by atoms with Gasteiger partial charge in [-0.3, -0.25) is 9.59 Å². The van der Waals surface area contributed by atoms with E-state index in [1.807, 2.05) is 6.92 Å². The van der Waals surface area contributed by atoms with Crippen LogP contribution in [-0.4, -0.2) is 22.2 Å². The summed E-state index contributed by atoms with van der Waals surface area (Å²) in [6, 6.07) is 0. The lowest BCUT2D eigenvalue weighted by molar-refractivity contribution is -0.148. The van der Waals surface area contributed by atoms with Crippen molar-refractivity contribution in [1.82, 2.24) is 0 Å². The fourth-order valence-electron chi connectivity index (χ4n) is 2.05. The molecule has 110 valence electrons. The van der Waals surface area contributed by atoms with Gasteiger partial charge in [-0.1, -0.05) is 44.3 Å². The van der Waals surface area contributed by atoms with Crippen LogP contribution in [0, 0.1) is 5.92 Å². The minimum atomic E-state index is -1.03. The number of unbranched alkanes of at least 4 members (excludes halogenated alkanes) is 6. The number of aliphatic carboxylic acids is 2. The smallest absolute Gasteiger partial charge is 0.307 e. The Morgan fingerprint density at radius 2 is 1.58 bits per heavy atom. The molecule has 0 amide bonds. The summed E-state index contributed by atoms with van der Waals surface area (Å²) in [5, 5.41) is 17.5. The van der Waals surface area contributed by atoms with Crippen LogP contribution in [-0.2, 0) is 9.59 Å². The third kappa shape index (κ3) is 11.5. The van der Waals surface area contributed by atoms with Gasteiger partial charge in [0.25, 0.3) is 0 Å². The predicted molar refractivity (Wildman–Crippen MR) is 75.1 cm³/mol. The van der Waals surface area contributed by atoms with Crippen LogP contribution in [0.5, 0.6) is 0 Å². The molecule has 1 atom stereocenters. The largest absolute Gasteiger partial charge is 0.481 e. The van der Waals surface area contributed by atoms with Gasteiger partial charge in [0.05, 0.1) is 12.3 Å². The molecular weight excluding hydrogens is 244 g/mol. The Kier molecular flexibility index (Phi) is 10.9. The van der Waals surface area contributed by atoms with Gasteiger partial charge in [0.2, 0.25) is 0 Å². The van der Waals surface area contributed by atoms with E-state index in [0.29, 0.717) is 6.42 Å². The Bertz CT molecular complexity index is 284. The van der Waals surface area contributed by atoms with Crippen molar-refractivity contribution in [3.8, 4) is 0 Å². The summed E-state index contributed by atoms with van der Waals surface area (Å²) in [7, 11) is 0. The molecule has 0 aromatic rings. The molecule has 0 aliphatic rings. The number of hydrogen-bond acceptors (Lipinski definition) is 2. The highest BCUT2D eigenvalue weighted by Crippen LogP contribution is 2.16. The van der Waals surface area contributed by atoms with E-state index >= 15 is 0 Å². The first-order chi connectivity index (χ1) is 9.07. The first kappa shape index (κ1) is 17.7. The van der Waals surface area contributed by atoms with Crippen LogP contribution in [0.25, 0.3) is 0 Å². The second-order valence-electron chi connectivity index (χ2n) is 4.90. The molecule has 0 heterocycles. The zero-order chi connectivity index (χ0) is 14.5. The second kappa shape index (κ2) is 11.8. The van der Waals surface area contributed by atoms with Gasteiger partial charge in [-0.25, -0.2) is 0 Å². The van der Waals surface area contributed by atoms with Crippen LogP contribution in [0.2, 0.25) is 0 Å². The molecule has 0 aliphatic carbocycles. The van der Waals surface area contributed by atoms with Crippen molar-refractivity contribution in [2.45, 2.75) is 64.7 Å². The normalized spacial score (nSPS) is 12.7. The molecule has 19 heavy (non-hydrogen) atoms. The van der Waals surface area contributed by atoms with Crippen LogP contribution >= 0.6 is 0 Å². The Labute approximate surface area is 115 Å². The molecule has 0 bridgehead atoms. The molecule has 4 heteroatoms. The summed E-state index contributed by atoms with van der Waals surface area (Å²) in [4.78, 5) is 21.3. The monoisotopic (exact) mass is 270 g/mol. The highest BCUT2D eigenvalue weighted by molar-refractivity contribution is 5.77. The predicted octanol–water partition coefficient (Wildman–Crippen LogP) is 3.86. The topological polar surface area (TPSA) is 74.6 Å². The summed E-state index contributed by atoms with van der Waals surface area (Å²) >= 11 is 0. The maximum Gasteiger partial charge on any atom is 0.307 e. The maximum absolute atomic E-state index is 10.8. The average Bonchev–Trinajstić information content (AvgIpc) is 2.34. The van der Waals surface area contributed by atoms with Crippen molar-refractivity contribution in [2.24, 2.45) is 5.92 Å². The van der Waals surface area contributed by atoms with Gasteiger partial charge in [-0.05, 0) is 26.2 Å². The quantitative estimate of drug-likeness (QED) is 0.417. The molecular formula is C15H26O4. The molecule has 0 radical (unpaired) electrons. The van der Waals surface area contributed by atoms with Gasteiger partial charge >= 0.3 is 11.9 Å². The van der Waals surface area contributed by atoms with E-state index in [2.05, 4.69) is 12.2 Å². The summed E-state index contributed by atoms with van der Waals surface area (Å²) in [6.07, 6.45) is 12.1. The van der Waals surface area contributed by atoms with E-state index < -0.39 is 17.9 Å². The van der Waals surface area contributed by atoms with E-state index in [9.17, 15) is 9.59 Å². The van der Waals surface area contributed by atoms with E-state index in [1.54, 1.807) is 0 Å². The molecule has 2 N–H and O–H groups in total. The van der Waals surface area contributed by atoms with Gasteiger partial charge in [-0.15, -0.1) is 0 Å². The number of hydrogen-bond donors (Lipinski definition) is 2. The Morgan fingerprint density at radius 3 is 2.11 bits per heavy atom. The molecule has 0 saturated carbocycles. The van der Waals surface area contributed by atoms with Crippen molar-refractivity contribution in [1.29, 1.82) is 0 Å². The molecule has 0 spiro atoms. The molecule has 0 aromatic heterocycles. The Balaban J connectivity index is 3.50. The molecule has 0 rings (SSSR count). The second-order valence-corrected chi connectivity index (χ2v) is 4.90. The van der Waals surface area contributed by atoms with Crippen molar-refractivity contribution in [3.05, 3.63) is 12.2 Å². The lowest BCUT2D eigenvalue weighted by Gasteiger charge is -2.09. The number of rotatable bonds is 12. The first-order valence-corrected chi connectivity index (χ1v) is 7.13. The summed E-state index contributed by atoms with van der Waals surface area (Å²) in [5.74, 6) is -2.75. The minimum absolute atomic E-state index is 0.265. The average molecular weight is 270 g/mol. The van der Waals surface area contributed by atoms with E-state index in [1.165, 1.54) is 19.3 Å². The SMILES string of the molecule is C/C=C/CCCCCCCCC(CC(=O)O)C(=O)O. The number of carboxylic acid groups (broad SMARTS) is 2. The highest BCUT2D eigenvalue weighted by Gasteiger charge is 2.19. The molecule has 4 nitrogen and oxygen atoms in total. The zero-order valence-electron chi connectivity index (χ0n) is 11.8. The van der Waals surface area contributed by atoms with Crippen LogP contribution in [0.15, 0.2) is 12.2 Å². The number of carbonyl (C=O) groups is 2. The van der Waals surface area contributed by atoms with Crippen molar-refractivity contribution in [2.75, 3.05) is 0 Å². The summed E-state index contributed by atoms with van der Waals surface area (Å²) < 4.78 is 0. The third-order valence-electron chi connectivity index (χ3n) is 3.18. The van der Waals surface area contributed by atoms with Crippen molar-refractivity contribution in [3.63, 3.8) is 0 Å². The van der Waals surface area contributed by atoms with E-state index in [-0.39, 0.29) is 6.42 Å². The Morgan fingerprint density at radius 1 is 1.00 bits per heavy atom.